The summed E-state index contributed by atoms with van der Waals surface area (Å²) in [6.45, 7) is 2.24. The molecule has 0 aliphatic rings. The zero-order chi connectivity index (χ0) is 59.7. The van der Waals surface area contributed by atoms with Crippen molar-refractivity contribution < 1.29 is 4.98 Å². The van der Waals surface area contributed by atoms with Crippen molar-refractivity contribution in [2.24, 2.45) is 0 Å². The Morgan fingerprint density at radius 1 is 0.278 bits per heavy atom. The number of aromatic nitrogens is 6. The van der Waals surface area contributed by atoms with Gasteiger partial charge in [0.15, 0.2) is 0 Å². The van der Waals surface area contributed by atoms with E-state index in [-0.39, 0.29) is 0 Å². The summed E-state index contributed by atoms with van der Waals surface area (Å²) in [4.78, 5) is 14.2. The van der Waals surface area contributed by atoms with Crippen molar-refractivity contribution in [2.75, 3.05) is 0 Å². The molecule has 0 atom stereocenters. The summed E-state index contributed by atoms with van der Waals surface area (Å²) in [5, 5.41) is 7.30. The number of para-hydroxylation sites is 5. The Kier molecular flexibility index (Phi) is 12.8. The summed E-state index contributed by atoms with van der Waals surface area (Å²) >= 11 is 0. The molecule has 13 aromatic carbocycles. The zero-order valence-corrected chi connectivity index (χ0v) is 49.6. The SMILES string of the molecule is Cc1ccc(-c2ccc3c(c2)c2ccccc2n3-c2ccccc2)cc1-c1ccccc1CCc1ccc(-c2ccc3c(c2)c2ccccc2n3-c2cc(-c3nc(-c4ccccc4)nc(-c4ccccc4)[nH+]3)cc(-n3c4ccccc4c4ccccc43)c2)cc1. The molecule has 0 bridgehead atoms. The number of hydrogen-bond acceptors (Lipinski definition) is 2. The number of H-pyrrole nitrogens is 1. The minimum absolute atomic E-state index is 0.650. The number of aromatic amines is 1. The highest BCUT2D eigenvalue weighted by atomic mass is 15.0. The van der Waals surface area contributed by atoms with Gasteiger partial charge in [0, 0.05) is 49.4 Å². The lowest BCUT2D eigenvalue weighted by Crippen LogP contribution is -2.17. The maximum Gasteiger partial charge on any atom is 0.308 e. The smallest absolute Gasteiger partial charge is 0.308 e. The summed E-state index contributed by atoms with van der Waals surface area (Å²) in [6.07, 6.45) is 1.85. The van der Waals surface area contributed by atoms with Gasteiger partial charge >= 0.3 is 5.82 Å². The molecule has 0 fully saturated rings. The molecule has 0 saturated heterocycles. The Balaban J connectivity index is 0.711. The second-order valence-corrected chi connectivity index (χ2v) is 23.6. The van der Waals surface area contributed by atoms with Crippen LogP contribution < -0.4 is 4.98 Å². The second-order valence-electron chi connectivity index (χ2n) is 23.6. The molecule has 0 aliphatic heterocycles. The first kappa shape index (κ1) is 52.6. The minimum atomic E-state index is 0.650. The van der Waals surface area contributed by atoms with E-state index in [1.807, 2.05) is 24.3 Å². The molecular formula is C84H59N6+. The van der Waals surface area contributed by atoms with E-state index >= 15 is 0 Å². The number of nitrogens with zero attached hydrogens (tertiary/aromatic N) is 5. The topological polar surface area (TPSA) is 54.7 Å². The fraction of sp³-hybridized carbons (Fsp3) is 0.0357. The van der Waals surface area contributed by atoms with Crippen LogP contribution in [-0.4, -0.2) is 23.7 Å². The van der Waals surface area contributed by atoms with Crippen molar-refractivity contribution in [3.05, 3.63) is 326 Å². The lowest BCUT2D eigenvalue weighted by molar-refractivity contribution is -0.359. The Morgan fingerprint density at radius 3 is 1.28 bits per heavy atom. The summed E-state index contributed by atoms with van der Waals surface area (Å²) in [5.74, 6) is 2.11. The van der Waals surface area contributed by atoms with Gasteiger partial charge in [0.25, 0.3) is 11.6 Å². The molecule has 0 radical (unpaired) electrons. The van der Waals surface area contributed by atoms with Crippen molar-refractivity contribution in [1.29, 1.82) is 0 Å². The van der Waals surface area contributed by atoms with Crippen molar-refractivity contribution in [2.45, 2.75) is 19.8 Å². The highest BCUT2D eigenvalue weighted by Gasteiger charge is 2.24. The minimum Gasteiger partial charge on any atom is -0.309 e. The van der Waals surface area contributed by atoms with E-state index in [0.29, 0.717) is 5.82 Å². The highest BCUT2D eigenvalue weighted by molar-refractivity contribution is 6.13. The quantitative estimate of drug-likeness (QED) is 0.122. The molecule has 424 valence electrons. The third-order valence-electron chi connectivity index (χ3n) is 18.2. The number of aryl methyl sites for hydroxylation is 3. The average Bonchev–Trinajstić information content (AvgIpc) is 2.58. The molecule has 6 nitrogen and oxygen atoms in total. The molecule has 17 rings (SSSR count). The van der Waals surface area contributed by atoms with Crippen molar-refractivity contribution in [3.8, 4) is 84.6 Å². The Bertz CT molecular complexity index is 5490. The van der Waals surface area contributed by atoms with Crippen LogP contribution in [-0.2, 0) is 12.8 Å². The summed E-state index contributed by atoms with van der Waals surface area (Å²) in [7, 11) is 0. The molecule has 1 N–H and O–H groups in total. The number of rotatable bonds is 12. The molecule has 0 saturated carbocycles. The van der Waals surface area contributed by atoms with E-state index in [0.717, 1.165) is 74.6 Å². The average molecular weight is 1150 g/mol. The van der Waals surface area contributed by atoms with Gasteiger partial charge in [0.2, 0.25) is 0 Å². The number of hydrogen-bond donors (Lipinski definition) is 0. The number of nitrogens with one attached hydrogen (secondary N) is 1. The summed E-state index contributed by atoms with van der Waals surface area (Å²) in [5.41, 5.74) is 24.3. The molecule has 17 aromatic rings. The standard InChI is InChI=1S/C84H58N6/c1-55-37-41-62(63-46-48-80-75(53-63)71-31-15-19-35-78(71)88(80)65-26-9-4-10-27-65)51-73(55)68-28-12-11-21-58(68)44-40-56-38-42-57(43-39-56)61-45-47-81-74(52-61)72-32-16-20-36-79(72)90(81)67-50-64(49-66(54-67)89-76-33-17-13-29-69(76)70-30-14-18-34-77(70)89)84-86-82(59-22-5-2-6-23-59)85-83(87-84)60-24-7-3-8-25-60/h2-39,41-43,45-54H,40,44H2,1H3/p+1. The van der Waals surface area contributed by atoms with E-state index in [1.165, 1.54) is 99.1 Å². The number of benzene rings is 13. The first-order chi connectivity index (χ1) is 44.5. The first-order valence-corrected chi connectivity index (χ1v) is 31.0. The summed E-state index contributed by atoms with van der Waals surface area (Å²) in [6, 6.07) is 112. The van der Waals surface area contributed by atoms with Crippen molar-refractivity contribution in [3.63, 3.8) is 0 Å². The van der Waals surface area contributed by atoms with Gasteiger partial charge in [-0.15, -0.1) is 0 Å². The normalized spacial score (nSPS) is 11.7. The molecule has 0 aliphatic carbocycles. The van der Waals surface area contributed by atoms with Crippen LogP contribution in [0.25, 0.3) is 150 Å². The van der Waals surface area contributed by atoms with Gasteiger partial charge in [0.05, 0.1) is 49.8 Å². The van der Waals surface area contributed by atoms with Gasteiger partial charge in [-0.1, -0.05) is 210 Å². The van der Waals surface area contributed by atoms with Gasteiger partial charge in [-0.3, -0.25) is 0 Å². The fourth-order valence-electron chi connectivity index (χ4n) is 13.9. The first-order valence-electron chi connectivity index (χ1n) is 31.0. The lowest BCUT2D eigenvalue weighted by atomic mass is 9.90. The van der Waals surface area contributed by atoms with Crippen LogP contribution >= 0.6 is 0 Å². The van der Waals surface area contributed by atoms with Crippen LogP contribution in [0.2, 0.25) is 0 Å². The molecule has 6 heteroatoms. The van der Waals surface area contributed by atoms with Gasteiger partial charge < -0.3 is 13.7 Å². The molecule has 4 aromatic heterocycles. The van der Waals surface area contributed by atoms with Crippen molar-refractivity contribution >= 4 is 65.4 Å². The second kappa shape index (κ2) is 21.9. The maximum absolute atomic E-state index is 5.34. The van der Waals surface area contributed by atoms with Gasteiger partial charge in [-0.25, -0.2) is 4.98 Å². The molecule has 0 unspecified atom stereocenters. The molecule has 0 amide bonds. The van der Waals surface area contributed by atoms with Crippen LogP contribution in [0.15, 0.2) is 309 Å². The van der Waals surface area contributed by atoms with E-state index < -0.39 is 0 Å². The Labute approximate surface area is 521 Å². The zero-order valence-electron chi connectivity index (χ0n) is 49.6. The van der Waals surface area contributed by atoms with Crippen LogP contribution in [0.4, 0.5) is 0 Å². The van der Waals surface area contributed by atoms with E-state index in [9.17, 15) is 0 Å². The maximum atomic E-state index is 5.34. The highest BCUT2D eigenvalue weighted by Crippen LogP contribution is 2.41. The molecule has 4 heterocycles. The third kappa shape index (κ3) is 9.15. The predicted octanol–water partition coefficient (Wildman–Crippen LogP) is 20.7. The number of fused-ring (bicyclic) bond motifs is 9. The van der Waals surface area contributed by atoms with Crippen LogP contribution in [0, 0.1) is 6.92 Å². The van der Waals surface area contributed by atoms with Gasteiger partial charge in [-0.05, 0) is 179 Å². The van der Waals surface area contributed by atoms with E-state index in [4.69, 9.17) is 9.97 Å². The van der Waals surface area contributed by atoms with E-state index in [1.54, 1.807) is 0 Å². The van der Waals surface area contributed by atoms with Gasteiger partial charge in [-0.2, -0.15) is 0 Å². The Hall–Kier alpha value is -11.7. The van der Waals surface area contributed by atoms with E-state index in [2.05, 4.69) is 311 Å². The summed E-state index contributed by atoms with van der Waals surface area (Å²) < 4.78 is 7.21. The molecular weight excluding hydrogens is 1090 g/mol. The predicted molar refractivity (Wildman–Crippen MR) is 373 cm³/mol. The third-order valence-corrected chi connectivity index (χ3v) is 18.2. The van der Waals surface area contributed by atoms with Crippen LogP contribution in [0.3, 0.4) is 0 Å². The molecule has 0 spiro atoms. The Morgan fingerprint density at radius 2 is 0.700 bits per heavy atom. The fourth-order valence-corrected chi connectivity index (χ4v) is 13.9. The largest absolute Gasteiger partial charge is 0.309 e. The van der Waals surface area contributed by atoms with Crippen molar-refractivity contribution in [1.82, 2.24) is 23.7 Å². The molecule has 90 heavy (non-hydrogen) atoms. The lowest BCUT2D eigenvalue weighted by Gasteiger charge is -2.15. The van der Waals surface area contributed by atoms with Gasteiger partial charge in [0.1, 0.15) is 0 Å². The monoisotopic (exact) mass is 1150 g/mol. The van der Waals surface area contributed by atoms with Crippen LogP contribution in [0.1, 0.15) is 16.7 Å². The van der Waals surface area contributed by atoms with Crippen LogP contribution in [0.5, 0.6) is 0 Å².